The summed E-state index contributed by atoms with van der Waals surface area (Å²) in [6, 6.07) is 8.00. The highest BCUT2D eigenvalue weighted by molar-refractivity contribution is 14.0. The van der Waals surface area contributed by atoms with Crippen molar-refractivity contribution in [1.29, 1.82) is 0 Å². The molecule has 0 aromatic heterocycles. The first kappa shape index (κ1) is 18.4. The van der Waals surface area contributed by atoms with Crippen LogP contribution in [0, 0.1) is 6.92 Å². The molecule has 0 saturated carbocycles. The first-order chi connectivity index (χ1) is 10.7. The van der Waals surface area contributed by atoms with E-state index < -0.39 is 5.79 Å². The molecule has 1 aromatic carbocycles. The Bertz CT molecular complexity index is 547. The molecular formula is C16H24IN3O3. The molecule has 2 aliphatic heterocycles. The number of nitrogens with zero attached hydrogens (tertiary/aromatic N) is 1. The quantitative estimate of drug-likeness (QED) is 0.435. The Kier molecular flexibility index (Phi) is 6.63. The number of guanidine groups is 1. The molecule has 128 valence electrons. The van der Waals surface area contributed by atoms with Gasteiger partial charge in [-0.3, -0.25) is 4.99 Å². The molecule has 0 radical (unpaired) electrons. The van der Waals surface area contributed by atoms with Gasteiger partial charge in [-0.05, 0) is 24.6 Å². The zero-order valence-corrected chi connectivity index (χ0v) is 15.6. The van der Waals surface area contributed by atoms with Gasteiger partial charge in [-0.15, -0.1) is 24.0 Å². The number of rotatable bonds is 3. The van der Waals surface area contributed by atoms with Crippen LogP contribution < -0.4 is 11.1 Å². The summed E-state index contributed by atoms with van der Waals surface area (Å²) in [6.07, 6.45) is 1.52. The molecule has 3 rings (SSSR count). The fourth-order valence-electron chi connectivity index (χ4n) is 2.76. The average Bonchev–Trinajstić information content (AvgIpc) is 2.89. The van der Waals surface area contributed by atoms with E-state index in [4.69, 9.17) is 19.9 Å². The number of halogens is 1. The van der Waals surface area contributed by atoms with Crippen molar-refractivity contribution in [3.05, 3.63) is 29.8 Å². The lowest BCUT2D eigenvalue weighted by Crippen LogP contribution is -2.38. The van der Waals surface area contributed by atoms with Crippen molar-refractivity contribution in [3.63, 3.8) is 0 Å². The van der Waals surface area contributed by atoms with Crippen LogP contribution in [0.3, 0.4) is 0 Å². The van der Waals surface area contributed by atoms with Crippen molar-refractivity contribution in [2.24, 2.45) is 10.7 Å². The fourth-order valence-corrected chi connectivity index (χ4v) is 2.76. The van der Waals surface area contributed by atoms with Crippen LogP contribution in [0.4, 0.5) is 5.69 Å². The third kappa shape index (κ3) is 5.03. The van der Waals surface area contributed by atoms with Gasteiger partial charge in [0.05, 0.1) is 26.4 Å². The van der Waals surface area contributed by atoms with Gasteiger partial charge in [0, 0.05) is 18.5 Å². The summed E-state index contributed by atoms with van der Waals surface area (Å²) in [5.74, 6) is -0.0703. The number of ether oxygens (including phenoxy) is 3. The lowest BCUT2D eigenvalue weighted by Gasteiger charge is -2.31. The van der Waals surface area contributed by atoms with E-state index in [1.165, 1.54) is 5.56 Å². The van der Waals surface area contributed by atoms with E-state index in [1.807, 2.05) is 31.2 Å². The van der Waals surface area contributed by atoms with Crippen molar-refractivity contribution < 1.29 is 14.2 Å². The van der Waals surface area contributed by atoms with Gasteiger partial charge in [-0.1, -0.05) is 12.1 Å². The van der Waals surface area contributed by atoms with Gasteiger partial charge in [-0.25, -0.2) is 0 Å². The molecule has 23 heavy (non-hydrogen) atoms. The van der Waals surface area contributed by atoms with Crippen molar-refractivity contribution >= 4 is 35.6 Å². The molecule has 2 saturated heterocycles. The largest absolute Gasteiger partial charge is 0.381 e. The monoisotopic (exact) mass is 433 g/mol. The minimum absolute atomic E-state index is 0. The molecule has 1 aromatic rings. The maximum Gasteiger partial charge on any atom is 0.193 e. The third-order valence-electron chi connectivity index (χ3n) is 3.92. The van der Waals surface area contributed by atoms with Crippen LogP contribution >= 0.6 is 24.0 Å². The number of nitrogens with one attached hydrogen (secondary N) is 1. The molecule has 0 bridgehead atoms. The highest BCUT2D eigenvalue weighted by Gasteiger charge is 2.42. The van der Waals surface area contributed by atoms with E-state index in [9.17, 15) is 0 Å². The van der Waals surface area contributed by atoms with E-state index in [-0.39, 0.29) is 30.1 Å². The number of benzene rings is 1. The van der Waals surface area contributed by atoms with E-state index >= 15 is 0 Å². The molecule has 0 amide bonds. The molecule has 1 unspecified atom stereocenters. The second-order valence-corrected chi connectivity index (χ2v) is 5.79. The van der Waals surface area contributed by atoms with E-state index in [1.54, 1.807) is 0 Å². The molecular weight excluding hydrogens is 409 g/mol. The van der Waals surface area contributed by atoms with E-state index in [0.29, 0.717) is 32.3 Å². The van der Waals surface area contributed by atoms with Crippen LogP contribution in [0.2, 0.25) is 0 Å². The molecule has 6 nitrogen and oxygen atoms in total. The van der Waals surface area contributed by atoms with Crippen molar-refractivity contribution in [1.82, 2.24) is 0 Å². The Morgan fingerprint density at radius 2 is 2.17 bits per heavy atom. The second kappa shape index (κ2) is 8.27. The molecule has 3 N–H and O–H groups in total. The molecule has 1 spiro atoms. The van der Waals surface area contributed by atoms with Crippen molar-refractivity contribution in [2.75, 3.05) is 31.7 Å². The second-order valence-electron chi connectivity index (χ2n) is 5.79. The first-order valence-corrected chi connectivity index (χ1v) is 7.68. The highest BCUT2D eigenvalue weighted by Crippen LogP contribution is 2.33. The van der Waals surface area contributed by atoms with Gasteiger partial charge in [0.15, 0.2) is 11.7 Å². The summed E-state index contributed by atoms with van der Waals surface area (Å²) in [7, 11) is 0. The van der Waals surface area contributed by atoms with E-state index in [2.05, 4.69) is 10.3 Å². The van der Waals surface area contributed by atoms with Gasteiger partial charge in [0.25, 0.3) is 0 Å². The zero-order chi connectivity index (χ0) is 15.4. The average molecular weight is 433 g/mol. The van der Waals surface area contributed by atoms with Gasteiger partial charge < -0.3 is 25.3 Å². The van der Waals surface area contributed by atoms with Crippen LogP contribution in [0.1, 0.15) is 18.4 Å². The minimum Gasteiger partial charge on any atom is -0.381 e. The summed E-state index contributed by atoms with van der Waals surface area (Å²) >= 11 is 0. The lowest BCUT2D eigenvalue weighted by molar-refractivity contribution is -0.210. The third-order valence-corrected chi connectivity index (χ3v) is 3.92. The Balaban J connectivity index is 0.00000192. The van der Waals surface area contributed by atoms with Crippen molar-refractivity contribution in [2.45, 2.75) is 31.7 Å². The predicted octanol–water partition coefficient (Wildman–Crippen LogP) is 2.26. The van der Waals surface area contributed by atoms with Crippen LogP contribution in [0.25, 0.3) is 0 Å². The predicted molar refractivity (Wildman–Crippen MR) is 100 cm³/mol. The van der Waals surface area contributed by atoms with Crippen LogP contribution in [0.5, 0.6) is 0 Å². The summed E-state index contributed by atoms with van der Waals surface area (Å²) in [5, 5.41) is 3.09. The van der Waals surface area contributed by atoms with Crippen molar-refractivity contribution in [3.8, 4) is 0 Å². The lowest BCUT2D eigenvalue weighted by atomic mass is 10.1. The van der Waals surface area contributed by atoms with E-state index in [0.717, 1.165) is 18.5 Å². The van der Waals surface area contributed by atoms with Crippen LogP contribution in [-0.4, -0.2) is 44.2 Å². The smallest absolute Gasteiger partial charge is 0.193 e. The zero-order valence-electron chi connectivity index (χ0n) is 13.3. The minimum atomic E-state index is -0.461. The molecule has 2 aliphatic rings. The molecule has 2 heterocycles. The maximum absolute atomic E-state index is 6.02. The summed E-state index contributed by atoms with van der Waals surface area (Å²) in [5.41, 5.74) is 8.04. The Hall–Kier alpha value is -0.900. The van der Waals surface area contributed by atoms with Crippen LogP contribution in [0.15, 0.2) is 29.3 Å². The molecule has 1 atom stereocenters. The Labute approximate surface area is 153 Å². The summed E-state index contributed by atoms with van der Waals surface area (Å²) in [6.45, 7) is 4.46. The first-order valence-electron chi connectivity index (χ1n) is 7.68. The summed E-state index contributed by atoms with van der Waals surface area (Å²) in [4.78, 5) is 4.36. The summed E-state index contributed by atoms with van der Waals surface area (Å²) < 4.78 is 17.2. The molecule has 7 heteroatoms. The standard InChI is InChI=1S/C16H23N3O3.HI/c1-12-3-2-4-13(9-12)19-15(17)18-10-14-11-21-16(22-14)5-7-20-8-6-16;/h2-4,9,14H,5-8,10-11H2,1H3,(H3,17,18,19);1H. The van der Waals surface area contributed by atoms with Gasteiger partial charge in [-0.2, -0.15) is 0 Å². The Morgan fingerprint density at radius 3 is 2.91 bits per heavy atom. The van der Waals surface area contributed by atoms with Crippen LogP contribution in [-0.2, 0) is 14.2 Å². The number of aryl methyl sites for hydroxylation is 1. The number of nitrogens with two attached hydrogens (primary N) is 1. The topological polar surface area (TPSA) is 78.1 Å². The highest BCUT2D eigenvalue weighted by atomic mass is 127. The number of hydrogen-bond acceptors (Lipinski definition) is 4. The fraction of sp³-hybridized carbons (Fsp3) is 0.562. The molecule has 2 fully saturated rings. The molecule has 0 aliphatic carbocycles. The van der Waals surface area contributed by atoms with Gasteiger partial charge >= 0.3 is 0 Å². The maximum atomic E-state index is 6.02. The van der Waals surface area contributed by atoms with Gasteiger partial charge in [0.1, 0.15) is 6.10 Å². The Morgan fingerprint density at radius 1 is 1.39 bits per heavy atom. The number of aliphatic imine (C=N–C) groups is 1. The SMILES string of the molecule is Cc1cccc(NC(N)=NCC2COC3(CCOCC3)O2)c1.I. The normalized spacial score (nSPS) is 23.5. The van der Waals surface area contributed by atoms with Gasteiger partial charge in [0.2, 0.25) is 0 Å². The number of anilines is 1. The number of hydrogen-bond donors (Lipinski definition) is 2.